The van der Waals surface area contributed by atoms with E-state index < -0.39 is 6.10 Å². The van der Waals surface area contributed by atoms with Crippen LogP contribution in [-0.2, 0) is 0 Å². The Balaban J connectivity index is 1.25. The van der Waals surface area contributed by atoms with Crippen LogP contribution in [0.2, 0.25) is 5.02 Å². The Hall–Kier alpha value is -1.38. The lowest BCUT2D eigenvalue weighted by molar-refractivity contribution is 0.126. The molecule has 1 N–H and O–H groups in total. The topological polar surface area (TPSA) is 39.6 Å². The number of aromatic nitrogens is 1. The number of β-amino-alcohol motifs (C(OH)–C–C–N with tert-alkyl or cyclic N) is 1. The lowest BCUT2D eigenvalue weighted by atomic mass is 10.3. The van der Waals surface area contributed by atoms with Crippen LogP contribution in [0, 0.1) is 5.82 Å². The third-order valence-corrected chi connectivity index (χ3v) is 7.18. The van der Waals surface area contributed by atoms with Crippen molar-refractivity contribution in [3.05, 3.63) is 53.3 Å². The number of aliphatic hydroxyl groups is 1. The number of thioether (sulfide) groups is 1. The average Bonchev–Trinajstić information content (AvgIpc) is 3.11. The molecule has 4 rings (SSSR count). The van der Waals surface area contributed by atoms with Gasteiger partial charge in [0, 0.05) is 48.4 Å². The summed E-state index contributed by atoms with van der Waals surface area (Å²) >= 11 is 9.30. The lowest BCUT2D eigenvalue weighted by Gasteiger charge is -2.35. The second kappa shape index (κ2) is 8.97. The highest BCUT2D eigenvalue weighted by molar-refractivity contribution is 7.99. The van der Waals surface area contributed by atoms with Gasteiger partial charge in [0.15, 0.2) is 5.13 Å². The van der Waals surface area contributed by atoms with Crippen LogP contribution >= 0.6 is 34.7 Å². The first kappa shape index (κ1) is 19.9. The van der Waals surface area contributed by atoms with E-state index in [-0.39, 0.29) is 5.82 Å². The van der Waals surface area contributed by atoms with E-state index in [0.717, 1.165) is 51.4 Å². The molecule has 0 bridgehead atoms. The van der Waals surface area contributed by atoms with Crippen LogP contribution in [0.25, 0.3) is 10.2 Å². The van der Waals surface area contributed by atoms with Gasteiger partial charge >= 0.3 is 0 Å². The molecule has 0 radical (unpaired) electrons. The van der Waals surface area contributed by atoms with Crippen molar-refractivity contribution in [2.75, 3.05) is 43.4 Å². The summed E-state index contributed by atoms with van der Waals surface area (Å²) in [6, 6.07) is 12.2. The molecule has 4 nitrogen and oxygen atoms in total. The van der Waals surface area contributed by atoms with E-state index >= 15 is 0 Å². The zero-order valence-corrected chi connectivity index (χ0v) is 17.6. The predicted molar refractivity (Wildman–Crippen MR) is 116 cm³/mol. The van der Waals surface area contributed by atoms with Crippen LogP contribution < -0.4 is 4.90 Å². The maximum absolute atomic E-state index is 12.9. The molecule has 0 aliphatic carbocycles. The Labute approximate surface area is 176 Å². The van der Waals surface area contributed by atoms with Crippen molar-refractivity contribution in [3.8, 4) is 0 Å². The zero-order valence-electron chi connectivity index (χ0n) is 15.2. The molecule has 1 fully saturated rings. The van der Waals surface area contributed by atoms with Crippen molar-refractivity contribution in [3.63, 3.8) is 0 Å². The van der Waals surface area contributed by atoms with E-state index in [1.165, 1.54) is 12.1 Å². The van der Waals surface area contributed by atoms with Crippen molar-refractivity contribution in [2.45, 2.75) is 11.0 Å². The number of aliphatic hydroxyl groups excluding tert-OH is 1. The molecule has 1 atom stereocenters. The fourth-order valence-electron chi connectivity index (χ4n) is 3.22. The highest BCUT2D eigenvalue weighted by Crippen LogP contribution is 2.31. The molecule has 1 aliphatic heterocycles. The van der Waals surface area contributed by atoms with E-state index in [1.54, 1.807) is 35.2 Å². The fourth-order valence-corrected chi connectivity index (χ4v) is 5.33. The molecule has 1 unspecified atom stereocenters. The number of benzene rings is 2. The molecule has 1 saturated heterocycles. The fraction of sp³-hybridized carbons (Fsp3) is 0.350. The smallest absolute Gasteiger partial charge is 0.186 e. The van der Waals surface area contributed by atoms with Crippen LogP contribution in [0.1, 0.15) is 0 Å². The highest BCUT2D eigenvalue weighted by atomic mass is 35.5. The molecule has 1 aliphatic rings. The van der Waals surface area contributed by atoms with Gasteiger partial charge in [0.05, 0.1) is 16.3 Å². The van der Waals surface area contributed by atoms with Gasteiger partial charge in [0.1, 0.15) is 5.82 Å². The normalized spacial score (nSPS) is 16.6. The van der Waals surface area contributed by atoms with Gasteiger partial charge in [-0.2, -0.15) is 0 Å². The molecule has 2 heterocycles. The van der Waals surface area contributed by atoms with Gasteiger partial charge in [-0.15, -0.1) is 11.8 Å². The number of fused-ring (bicyclic) bond motifs is 1. The van der Waals surface area contributed by atoms with Gasteiger partial charge in [-0.1, -0.05) is 22.9 Å². The Bertz CT molecular complexity index is 929. The summed E-state index contributed by atoms with van der Waals surface area (Å²) in [6.07, 6.45) is -0.411. The summed E-state index contributed by atoms with van der Waals surface area (Å²) < 4.78 is 14.1. The van der Waals surface area contributed by atoms with E-state index in [9.17, 15) is 9.50 Å². The second-order valence-electron chi connectivity index (χ2n) is 6.81. The molecule has 0 spiro atoms. The molecule has 1 aromatic heterocycles. The summed E-state index contributed by atoms with van der Waals surface area (Å²) in [6.45, 7) is 4.23. The largest absolute Gasteiger partial charge is 0.391 e. The van der Waals surface area contributed by atoms with Crippen LogP contribution in [0.5, 0.6) is 0 Å². The minimum absolute atomic E-state index is 0.237. The number of thiazole rings is 1. The molecular formula is C20H21ClFN3OS2. The summed E-state index contributed by atoms with van der Waals surface area (Å²) in [5, 5.41) is 12.1. The number of nitrogens with zero attached hydrogens (tertiary/aromatic N) is 3. The van der Waals surface area contributed by atoms with Gasteiger partial charge < -0.3 is 10.0 Å². The Morgan fingerprint density at radius 2 is 1.89 bits per heavy atom. The molecule has 2 aromatic carbocycles. The average molecular weight is 438 g/mol. The molecule has 148 valence electrons. The summed E-state index contributed by atoms with van der Waals surface area (Å²) in [5.41, 5.74) is 0.986. The van der Waals surface area contributed by atoms with Crippen LogP contribution in [-0.4, -0.2) is 59.6 Å². The van der Waals surface area contributed by atoms with Crippen molar-refractivity contribution in [1.29, 1.82) is 0 Å². The Morgan fingerprint density at radius 1 is 1.14 bits per heavy atom. The quantitative estimate of drug-likeness (QED) is 0.580. The molecule has 0 saturated carbocycles. The number of hydrogen-bond acceptors (Lipinski definition) is 6. The van der Waals surface area contributed by atoms with Crippen LogP contribution in [0.3, 0.4) is 0 Å². The first-order valence-electron chi connectivity index (χ1n) is 9.17. The van der Waals surface area contributed by atoms with E-state index in [4.69, 9.17) is 16.6 Å². The SMILES string of the molecule is OC(CSc1ccc(F)cc1)CN1CCN(c2nc3ccc(Cl)cc3s2)CC1. The predicted octanol–water partition coefficient (Wildman–Crippen LogP) is 4.36. The van der Waals surface area contributed by atoms with Crippen molar-refractivity contribution < 1.29 is 9.50 Å². The molecule has 28 heavy (non-hydrogen) atoms. The molecule has 0 amide bonds. The summed E-state index contributed by atoms with van der Waals surface area (Å²) in [5.74, 6) is 0.365. The zero-order chi connectivity index (χ0) is 19.5. The van der Waals surface area contributed by atoms with Crippen LogP contribution in [0.15, 0.2) is 47.4 Å². The number of halogens is 2. The Morgan fingerprint density at radius 3 is 2.64 bits per heavy atom. The number of piperazine rings is 1. The van der Waals surface area contributed by atoms with E-state index in [0.29, 0.717) is 12.3 Å². The minimum atomic E-state index is -0.411. The summed E-state index contributed by atoms with van der Waals surface area (Å²) in [7, 11) is 0. The maximum atomic E-state index is 12.9. The van der Waals surface area contributed by atoms with Crippen LogP contribution in [0.4, 0.5) is 9.52 Å². The molecule has 3 aromatic rings. The van der Waals surface area contributed by atoms with Gasteiger partial charge in [-0.3, -0.25) is 4.90 Å². The van der Waals surface area contributed by atoms with Crippen molar-refractivity contribution in [2.24, 2.45) is 0 Å². The number of rotatable bonds is 6. The number of anilines is 1. The van der Waals surface area contributed by atoms with Gasteiger partial charge in [-0.25, -0.2) is 9.37 Å². The third kappa shape index (κ3) is 4.96. The first-order chi connectivity index (χ1) is 13.6. The Kier molecular flexibility index (Phi) is 6.38. The number of hydrogen-bond donors (Lipinski definition) is 1. The molecular weight excluding hydrogens is 417 g/mol. The second-order valence-corrected chi connectivity index (χ2v) is 9.35. The van der Waals surface area contributed by atoms with E-state index in [1.807, 2.05) is 18.2 Å². The third-order valence-electron chi connectivity index (χ3n) is 4.71. The van der Waals surface area contributed by atoms with Gasteiger partial charge in [0.2, 0.25) is 0 Å². The first-order valence-corrected chi connectivity index (χ1v) is 11.3. The minimum Gasteiger partial charge on any atom is -0.391 e. The molecule has 8 heteroatoms. The van der Waals surface area contributed by atoms with Gasteiger partial charge in [-0.05, 0) is 42.5 Å². The van der Waals surface area contributed by atoms with E-state index in [2.05, 4.69) is 9.80 Å². The summed E-state index contributed by atoms with van der Waals surface area (Å²) in [4.78, 5) is 10.3. The maximum Gasteiger partial charge on any atom is 0.186 e. The monoisotopic (exact) mass is 437 g/mol. The highest BCUT2D eigenvalue weighted by Gasteiger charge is 2.21. The standard InChI is InChI=1S/C20H21ClFN3OS2/c21-14-1-6-18-19(11-14)28-20(23-18)25-9-7-24(8-10-25)12-16(26)13-27-17-4-2-15(22)3-5-17/h1-6,11,16,26H,7-10,12-13H2. The van der Waals surface area contributed by atoms with Crippen molar-refractivity contribution >= 4 is 50.0 Å². The van der Waals surface area contributed by atoms with Crippen molar-refractivity contribution in [1.82, 2.24) is 9.88 Å². The lowest BCUT2D eigenvalue weighted by Crippen LogP contribution is -2.48. The van der Waals surface area contributed by atoms with Gasteiger partial charge in [0.25, 0.3) is 0 Å².